The molecule has 0 aliphatic carbocycles. The van der Waals surface area contributed by atoms with E-state index < -0.39 is 0 Å². The van der Waals surface area contributed by atoms with E-state index in [2.05, 4.69) is 10.6 Å². The van der Waals surface area contributed by atoms with E-state index in [1.54, 1.807) is 6.26 Å². The highest BCUT2D eigenvalue weighted by Gasteiger charge is 2.24. The molecule has 24 heavy (non-hydrogen) atoms. The van der Waals surface area contributed by atoms with Crippen LogP contribution >= 0.6 is 0 Å². The van der Waals surface area contributed by atoms with Gasteiger partial charge in [0.05, 0.1) is 12.3 Å². The number of piperidine rings is 1. The molecule has 1 aromatic rings. The summed E-state index contributed by atoms with van der Waals surface area (Å²) in [7, 11) is 3.93. The Kier molecular flexibility index (Phi) is 6.66. The van der Waals surface area contributed by atoms with Crippen molar-refractivity contribution in [1.82, 2.24) is 20.4 Å². The lowest BCUT2D eigenvalue weighted by Crippen LogP contribution is -2.47. The third kappa shape index (κ3) is 5.26. The molecule has 0 aromatic carbocycles. The van der Waals surface area contributed by atoms with Gasteiger partial charge in [-0.3, -0.25) is 9.69 Å². The molecule has 0 unspecified atom stereocenters. The summed E-state index contributed by atoms with van der Waals surface area (Å²) < 4.78 is 5.45. The van der Waals surface area contributed by atoms with Gasteiger partial charge in [0.15, 0.2) is 0 Å². The van der Waals surface area contributed by atoms with Crippen LogP contribution in [0.1, 0.15) is 31.6 Å². The number of rotatable bonds is 6. The topological polar surface area (TPSA) is 77.8 Å². The predicted octanol–water partition coefficient (Wildman–Crippen LogP) is 1.44. The van der Waals surface area contributed by atoms with Crippen molar-refractivity contribution in [1.29, 1.82) is 0 Å². The maximum Gasteiger partial charge on any atom is 0.317 e. The van der Waals surface area contributed by atoms with Crippen LogP contribution in [0.25, 0.3) is 0 Å². The van der Waals surface area contributed by atoms with Gasteiger partial charge in [-0.15, -0.1) is 0 Å². The van der Waals surface area contributed by atoms with Crippen LogP contribution in [0.15, 0.2) is 22.8 Å². The molecule has 0 saturated carbocycles. The van der Waals surface area contributed by atoms with E-state index >= 15 is 0 Å². The summed E-state index contributed by atoms with van der Waals surface area (Å²) in [5.41, 5.74) is 0. The molecular formula is C17H28N4O3. The Morgan fingerprint density at radius 3 is 2.58 bits per heavy atom. The van der Waals surface area contributed by atoms with Crippen molar-refractivity contribution in [2.45, 2.75) is 25.8 Å². The van der Waals surface area contributed by atoms with Crippen molar-refractivity contribution in [2.75, 3.05) is 40.3 Å². The number of carbonyl (C=O) groups excluding carboxylic acids is 2. The number of furan rings is 1. The van der Waals surface area contributed by atoms with E-state index in [1.165, 1.54) is 6.92 Å². The van der Waals surface area contributed by atoms with Crippen molar-refractivity contribution in [3.63, 3.8) is 0 Å². The monoisotopic (exact) mass is 336 g/mol. The van der Waals surface area contributed by atoms with Crippen molar-refractivity contribution < 1.29 is 14.0 Å². The zero-order valence-corrected chi connectivity index (χ0v) is 14.7. The molecule has 2 N–H and O–H groups in total. The molecule has 7 nitrogen and oxygen atoms in total. The van der Waals surface area contributed by atoms with Gasteiger partial charge in [0.2, 0.25) is 5.91 Å². The maximum absolute atomic E-state index is 12.4. The van der Waals surface area contributed by atoms with Crippen molar-refractivity contribution in [2.24, 2.45) is 5.92 Å². The molecule has 3 amide bonds. The van der Waals surface area contributed by atoms with E-state index in [1.807, 2.05) is 36.0 Å². The zero-order valence-electron chi connectivity index (χ0n) is 14.7. The van der Waals surface area contributed by atoms with E-state index in [4.69, 9.17) is 4.42 Å². The molecule has 2 rings (SSSR count). The van der Waals surface area contributed by atoms with Crippen molar-refractivity contribution in [3.8, 4) is 0 Å². The third-order valence-electron chi connectivity index (χ3n) is 4.48. The van der Waals surface area contributed by atoms with E-state index in [-0.39, 0.29) is 18.0 Å². The third-order valence-corrected chi connectivity index (χ3v) is 4.48. The fraction of sp³-hybridized carbons (Fsp3) is 0.647. The molecule has 0 radical (unpaired) electrons. The Labute approximate surface area is 143 Å². The first-order valence-electron chi connectivity index (χ1n) is 8.44. The Balaban J connectivity index is 1.76. The molecule has 1 atom stereocenters. The first-order chi connectivity index (χ1) is 11.5. The van der Waals surface area contributed by atoms with Gasteiger partial charge in [-0.2, -0.15) is 0 Å². The minimum Gasteiger partial charge on any atom is -0.468 e. The van der Waals surface area contributed by atoms with Gasteiger partial charge in [-0.1, -0.05) is 0 Å². The van der Waals surface area contributed by atoms with E-state index in [0.717, 1.165) is 31.7 Å². The summed E-state index contributed by atoms with van der Waals surface area (Å²) in [6.07, 6.45) is 3.49. The predicted molar refractivity (Wildman–Crippen MR) is 91.5 cm³/mol. The summed E-state index contributed by atoms with van der Waals surface area (Å²) >= 11 is 0. The molecular weight excluding hydrogens is 308 g/mol. The number of hydrogen-bond acceptors (Lipinski definition) is 4. The number of nitrogens with zero attached hydrogens (tertiary/aromatic N) is 2. The summed E-state index contributed by atoms with van der Waals surface area (Å²) in [4.78, 5) is 27.2. The normalized spacial score (nSPS) is 16.9. The molecule has 0 bridgehead atoms. The summed E-state index contributed by atoms with van der Waals surface area (Å²) in [6.45, 7) is 4.19. The lowest BCUT2D eigenvalue weighted by atomic mass is 9.97. The van der Waals surface area contributed by atoms with Gasteiger partial charge >= 0.3 is 6.03 Å². The Morgan fingerprint density at radius 1 is 1.33 bits per heavy atom. The van der Waals surface area contributed by atoms with Crippen LogP contribution in [0, 0.1) is 5.92 Å². The van der Waals surface area contributed by atoms with Gasteiger partial charge in [0, 0.05) is 33.1 Å². The van der Waals surface area contributed by atoms with Gasteiger partial charge in [0.1, 0.15) is 5.76 Å². The van der Waals surface area contributed by atoms with Crippen molar-refractivity contribution >= 4 is 11.9 Å². The number of hydrogen-bond donors (Lipinski definition) is 2. The number of carbonyl (C=O) groups is 2. The number of likely N-dealkylation sites (tertiary alicyclic amines) is 1. The number of amides is 3. The van der Waals surface area contributed by atoms with Crippen LogP contribution in [-0.2, 0) is 4.79 Å². The molecule has 0 spiro atoms. The SMILES string of the molecule is CC(=O)NCC1CCN(C(=O)NC[C@H](c2ccco2)N(C)C)CC1. The Morgan fingerprint density at radius 2 is 2.04 bits per heavy atom. The molecule has 134 valence electrons. The molecule has 2 heterocycles. The number of likely N-dealkylation sites (N-methyl/N-ethyl adjacent to an activating group) is 1. The highest BCUT2D eigenvalue weighted by molar-refractivity contribution is 5.74. The van der Waals surface area contributed by atoms with Gasteiger partial charge in [-0.25, -0.2) is 4.79 Å². The minimum atomic E-state index is -0.0358. The average Bonchev–Trinajstić information content (AvgIpc) is 3.07. The quantitative estimate of drug-likeness (QED) is 0.824. The average molecular weight is 336 g/mol. The summed E-state index contributed by atoms with van der Waals surface area (Å²) in [5.74, 6) is 1.30. The molecule has 1 fully saturated rings. The fourth-order valence-corrected chi connectivity index (χ4v) is 2.94. The highest BCUT2D eigenvalue weighted by atomic mass is 16.3. The molecule has 1 saturated heterocycles. The van der Waals surface area contributed by atoms with Crippen LogP contribution < -0.4 is 10.6 Å². The van der Waals surface area contributed by atoms with Crippen LogP contribution in [-0.4, -0.2) is 62.0 Å². The molecule has 1 aliphatic rings. The van der Waals surface area contributed by atoms with Crippen LogP contribution in [0.4, 0.5) is 4.79 Å². The number of nitrogens with one attached hydrogen (secondary N) is 2. The summed E-state index contributed by atoms with van der Waals surface area (Å²) in [6, 6.07) is 3.75. The van der Waals surface area contributed by atoms with Crippen LogP contribution in [0.5, 0.6) is 0 Å². The number of urea groups is 1. The van der Waals surface area contributed by atoms with Gasteiger partial charge in [0.25, 0.3) is 0 Å². The standard InChI is InChI=1S/C17H28N4O3/c1-13(22)18-11-14-6-8-21(9-7-14)17(23)19-12-15(20(2)3)16-5-4-10-24-16/h4-5,10,14-15H,6-9,11-12H2,1-3H3,(H,18,22)(H,19,23)/t15-/m1/s1. The van der Waals surface area contributed by atoms with Crippen LogP contribution in [0.3, 0.4) is 0 Å². The van der Waals surface area contributed by atoms with Gasteiger partial charge in [-0.05, 0) is 45.0 Å². The second kappa shape index (κ2) is 8.73. The van der Waals surface area contributed by atoms with E-state index in [0.29, 0.717) is 19.0 Å². The zero-order chi connectivity index (χ0) is 17.5. The van der Waals surface area contributed by atoms with Crippen LogP contribution in [0.2, 0.25) is 0 Å². The second-order valence-corrected chi connectivity index (χ2v) is 6.55. The Hall–Kier alpha value is -2.02. The lowest BCUT2D eigenvalue weighted by molar-refractivity contribution is -0.119. The smallest absolute Gasteiger partial charge is 0.317 e. The molecule has 1 aromatic heterocycles. The first-order valence-corrected chi connectivity index (χ1v) is 8.44. The fourth-order valence-electron chi connectivity index (χ4n) is 2.94. The minimum absolute atomic E-state index is 0.00262. The Bertz CT molecular complexity index is 522. The van der Waals surface area contributed by atoms with Gasteiger partial charge < -0.3 is 20.0 Å². The lowest BCUT2D eigenvalue weighted by Gasteiger charge is -2.32. The highest BCUT2D eigenvalue weighted by Crippen LogP contribution is 2.19. The van der Waals surface area contributed by atoms with Crippen molar-refractivity contribution in [3.05, 3.63) is 24.2 Å². The molecule has 1 aliphatic heterocycles. The molecule has 7 heteroatoms. The second-order valence-electron chi connectivity index (χ2n) is 6.55. The first kappa shape index (κ1) is 18.3. The largest absolute Gasteiger partial charge is 0.468 e. The maximum atomic E-state index is 12.4. The summed E-state index contributed by atoms with van der Waals surface area (Å²) in [5, 5.41) is 5.86. The van der Waals surface area contributed by atoms with E-state index in [9.17, 15) is 9.59 Å².